The molecule has 0 atom stereocenters. The maximum atomic E-state index is 13.3. The topological polar surface area (TPSA) is 76.9 Å². The molecule has 0 saturated carbocycles. The largest absolute Gasteiger partial charge is 0.325 e. The van der Waals surface area contributed by atoms with E-state index in [1.807, 2.05) is 56.3 Å². The van der Waals surface area contributed by atoms with E-state index < -0.39 is 0 Å². The molecule has 0 unspecified atom stereocenters. The van der Waals surface area contributed by atoms with Gasteiger partial charge in [0, 0.05) is 11.9 Å². The van der Waals surface area contributed by atoms with Crippen molar-refractivity contribution in [3.05, 3.63) is 87.8 Å². The summed E-state index contributed by atoms with van der Waals surface area (Å²) in [4.78, 5) is 35.1. The summed E-state index contributed by atoms with van der Waals surface area (Å²) in [5.74, 6) is 0.460. The van der Waals surface area contributed by atoms with E-state index in [9.17, 15) is 9.59 Å². The van der Waals surface area contributed by atoms with Gasteiger partial charge in [0.15, 0.2) is 5.16 Å². The number of aromatic nitrogens is 3. The summed E-state index contributed by atoms with van der Waals surface area (Å²) in [6.07, 6.45) is 2.49. The number of amides is 1. The minimum atomic E-state index is -0.205. The van der Waals surface area contributed by atoms with E-state index in [4.69, 9.17) is 0 Å². The van der Waals surface area contributed by atoms with Crippen molar-refractivity contribution in [1.82, 2.24) is 14.5 Å². The Morgan fingerprint density at radius 3 is 2.69 bits per heavy atom. The number of hydrogen-bond acceptors (Lipinski definition) is 5. The van der Waals surface area contributed by atoms with Crippen molar-refractivity contribution in [3.8, 4) is 5.82 Å². The number of nitrogens with one attached hydrogen (secondary N) is 1. The van der Waals surface area contributed by atoms with Crippen molar-refractivity contribution in [2.24, 2.45) is 0 Å². The fraction of sp³-hybridized carbons (Fsp3) is 0.200. The number of para-hydroxylation sites is 2. The van der Waals surface area contributed by atoms with Gasteiger partial charge in [0.25, 0.3) is 5.56 Å². The molecule has 1 N–H and O–H groups in total. The Bertz CT molecular complexity index is 1360. The molecule has 0 fully saturated rings. The number of carbonyl (C=O) groups excluding carboxylic acids is 1. The number of rotatable bonds is 6. The third-order valence-corrected chi connectivity index (χ3v) is 6.15. The number of anilines is 1. The van der Waals surface area contributed by atoms with Gasteiger partial charge < -0.3 is 5.32 Å². The molecule has 1 amide bonds. The summed E-state index contributed by atoms with van der Waals surface area (Å²) in [6.45, 7) is 5.98. The minimum Gasteiger partial charge on any atom is -0.325 e. The molecule has 0 bridgehead atoms. The number of fused-ring (bicyclic) bond motifs is 1. The van der Waals surface area contributed by atoms with Crippen LogP contribution in [0.25, 0.3) is 16.7 Å². The van der Waals surface area contributed by atoms with Gasteiger partial charge in [-0.3, -0.25) is 9.59 Å². The molecule has 2 heterocycles. The van der Waals surface area contributed by atoms with Crippen LogP contribution in [0.1, 0.15) is 23.6 Å². The highest BCUT2D eigenvalue weighted by Gasteiger charge is 2.16. The first-order valence-corrected chi connectivity index (χ1v) is 11.4. The Hall–Kier alpha value is -3.45. The van der Waals surface area contributed by atoms with E-state index in [0.29, 0.717) is 21.9 Å². The molecule has 2 aromatic heterocycles. The number of pyridine rings is 1. The molecule has 0 spiro atoms. The van der Waals surface area contributed by atoms with Crippen LogP contribution in [0.5, 0.6) is 0 Å². The standard InChI is InChI=1S/C25H24N4O2S/c1-4-18-9-7-8-17(3)23(18)28-22(30)15-32-25-27-20-11-6-5-10-19(20)24(31)29(25)21-14-16(2)12-13-26-21/h5-14H,4,15H2,1-3H3,(H,28,30). The van der Waals surface area contributed by atoms with Crippen LogP contribution < -0.4 is 10.9 Å². The third-order valence-electron chi connectivity index (χ3n) is 5.21. The lowest BCUT2D eigenvalue weighted by molar-refractivity contribution is -0.113. The lowest BCUT2D eigenvalue weighted by Gasteiger charge is -2.14. The Balaban J connectivity index is 1.68. The smallest absolute Gasteiger partial charge is 0.267 e. The quantitative estimate of drug-likeness (QED) is 0.345. The monoisotopic (exact) mass is 444 g/mol. The Kier molecular flexibility index (Phi) is 6.37. The van der Waals surface area contributed by atoms with Gasteiger partial charge in [-0.05, 0) is 61.2 Å². The molecule has 0 saturated heterocycles. The van der Waals surface area contributed by atoms with Crippen LogP contribution in [-0.4, -0.2) is 26.2 Å². The molecule has 0 aliphatic rings. The van der Waals surface area contributed by atoms with Crippen molar-refractivity contribution in [2.75, 3.05) is 11.1 Å². The molecular formula is C25H24N4O2S. The lowest BCUT2D eigenvalue weighted by Crippen LogP contribution is -2.24. The van der Waals surface area contributed by atoms with Gasteiger partial charge in [-0.1, -0.05) is 49.0 Å². The zero-order valence-corrected chi connectivity index (χ0v) is 19.1. The molecular weight excluding hydrogens is 420 g/mol. The van der Waals surface area contributed by atoms with Crippen LogP contribution in [-0.2, 0) is 11.2 Å². The summed E-state index contributed by atoms with van der Waals surface area (Å²) >= 11 is 1.22. The van der Waals surface area contributed by atoms with Crippen molar-refractivity contribution in [2.45, 2.75) is 32.3 Å². The minimum absolute atomic E-state index is 0.119. The highest BCUT2D eigenvalue weighted by atomic mass is 32.2. The van der Waals surface area contributed by atoms with E-state index in [1.54, 1.807) is 18.3 Å². The van der Waals surface area contributed by atoms with E-state index in [-0.39, 0.29) is 17.2 Å². The maximum Gasteiger partial charge on any atom is 0.267 e. The number of benzene rings is 2. The molecule has 162 valence electrons. The second-order valence-electron chi connectivity index (χ2n) is 7.54. The third kappa shape index (κ3) is 4.43. The van der Waals surface area contributed by atoms with Crippen LogP contribution >= 0.6 is 11.8 Å². The summed E-state index contributed by atoms with van der Waals surface area (Å²) in [5.41, 5.74) is 4.33. The van der Waals surface area contributed by atoms with E-state index >= 15 is 0 Å². The number of aryl methyl sites for hydroxylation is 3. The van der Waals surface area contributed by atoms with E-state index in [1.165, 1.54) is 16.3 Å². The summed E-state index contributed by atoms with van der Waals surface area (Å²) in [6, 6.07) is 16.9. The van der Waals surface area contributed by atoms with Crippen LogP contribution in [0.2, 0.25) is 0 Å². The number of nitrogens with zero attached hydrogens (tertiary/aromatic N) is 3. The van der Waals surface area contributed by atoms with Gasteiger partial charge >= 0.3 is 0 Å². The van der Waals surface area contributed by atoms with E-state index in [0.717, 1.165) is 28.8 Å². The summed E-state index contributed by atoms with van der Waals surface area (Å²) in [7, 11) is 0. The molecule has 0 aliphatic heterocycles. The summed E-state index contributed by atoms with van der Waals surface area (Å²) in [5, 5.41) is 3.97. The second-order valence-corrected chi connectivity index (χ2v) is 8.49. The van der Waals surface area contributed by atoms with Gasteiger partial charge in [0.1, 0.15) is 5.82 Å². The molecule has 7 heteroatoms. The van der Waals surface area contributed by atoms with Crippen molar-refractivity contribution in [3.63, 3.8) is 0 Å². The first-order valence-electron chi connectivity index (χ1n) is 10.4. The molecule has 0 radical (unpaired) electrons. The first kappa shape index (κ1) is 21.8. The molecule has 4 aromatic rings. The fourth-order valence-electron chi connectivity index (χ4n) is 3.56. The molecule has 32 heavy (non-hydrogen) atoms. The van der Waals surface area contributed by atoms with Crippen molar-refractivity contribution >= 4 is 34.3 Å². The van der Waals surface area contributed by atoms with Crippen LogP contribution in [0.4, 0.5) is 5.69 Å². The van der Waals surface area contributed by atoms with Crippen LogP contribution in [0.15, 0.2) is 70.7 Å². The predicted octanol–water partition coefficient (Wildman–Crippen LogP) is 4.69. The number of hydrogen-bond donors (Lipinski definition) is 1. The molecule has 0 aliphatic carbocycles. The van der Waals surface area contributed by atoms with Crippen molar-refractivity contribution < 1.29 is 4.79 Å². The lowest BCUT2D eigenvalue weighted by atomic mass is 10.1. The SMILES string of the molecule is CCc1cccc(C)c1NC(=O)CSc1nc2ccccc2c(=O)n1-c1cc(C)ccn1. The highest BCUT2D eigenvalue weighted by Crippen LogP contribution is 2.24. The van der Waals surface area contributed by atoms with Gasteiger partial charge in [0.05, 0.1) is 16.7 Å². The van der Waals surface area contributed by atoms with Gasteiger partial charge in [-0.2, -0.15) is 0 Å². The Morgan fingerprint density at radius 1 is 1.09 bits per heavy atom. The average molecular weight is 445 g/mol. The van der Waals surface area contributed by atoms with Gasteiger partial charge in [-0.15, -0.1) is 0 Å². The van der Waals surface area contributed by atoms with Gasteiger partial charge in [-0.25, -0.2) is 14.5 Å². The Morgan fingerprint density at radius 2 is 1.91 bits per heavy atom. The van der Waals surface area contributed by atoms with Gasteiger partial charge in [0.2, 0.25) is 5.91 Å². The predicted molar refractivity (Wildman–Crippen MR) is 130 cm³/mol. The van der Waals surface area contributed by atoms with Crippen LogP contribution in [0, 0.1) is 13.8 Å². The Labute approximate surface area is 190 Å². The van der Waals surface area contributed by atoms with Crippen LogP contribution in [0.3, 0.4) is 0 Å². The average Bonchev–Trinajstić information content (AvgIpc) is 2.79. The maximum absolute atomic E-state index is 13.3. The molecule has 6 nitrogen and oxygen atoms in total. The highest BCUT2D eigenvalue weighted by molar-refractivity contribution is 7.99. The van der Waals surface area contributed by atoms with E-state index in [2.05, 4.69) is 22.2 Å². The first-order chi connectivity index (χ1) is 15.5. The molecule has 2 aromatic carbocycles. The zero-order valence-electron chi connectivity index (χ0n) is 18.3. The number of thioether (sulfide) groups is 1. The molecule has 4 rings (SSSR count). The fourth-order valence-corrected chi connectivity index (χ4v) is 4.36. The second kappa shape index (κ2) is 9.36. The van der Waals surface area contributed by atoms with Crippen molar-refractivity contribution in [1.29, 1.82) is 0 Å². The summed E-state index contributed by atoms with van der Waals surface area (Å²) < 4.78 is 1.48. The number of carbonyl (C=O) groups is 1. The normalized spacial score (nSPS) is 11.0. The zero-order chi connectivity index (χ0) is 22.7.